The lowest BCUT2D eigenvalue weighted by Crippen LogP contribution is -2.33. The Balaban J connectivity index is 1.80. The van der Waals surface area contributed by atoms with Crippen molar-refractivity contribution in [3.05, 3.63) is 30.1 Å². The van der Waals surface area contributed by atoms with Gasteiger partial charge in [-0.1, -0.05) is 12.8 Å². The summed E-state index contributed by atoms with van der Waals surface area (Å²) in [5.74, 6) is 0.253. The second kappa shape index (κ2) is 5.65. The quantitative estimate of drug-likeness (QED) is 0.841. The number of aromatic nitrogens is 2. The smallest absolute Gasteiger partial charge is 0.227 e. The van der Waals surface area contributed by atoms with E-state index in [0.29, 0.717) is 6.42 Å². The zero-order valence-corrected chi connectivity index (χ0v) is 12.0. The molecule has 0 saturated carbocycles. The highest BCUT2D eigenvalue weighted by molar-refractivity contribution is 5.87. The first kappa shape index (κ1) is 13.2. The zero-order chi connectivity index (χ0) is 13.9. The number of hydrogen-bond acceptors (Lipinski definition) is 2. The molecule has 2 aromatic rings. The lowest BCUT2D eigenvalue weighted by atomic mass is 10.1. The van der Waals surface area contributed by atoms with Gasteiger partial charge >= 0.3 is 0 Å². The van der Waals surface area contributed by atoms with E-state index in [0.717, 1.165) is 42.5 Å². The van der Waals surface area contributed by atoms with E-state index in [1.54, 1.807) is 6.20 Å². The van der Waals surface area contributed by atoms with Crippen LogP contribution in [0.15, 0.2) is 24.5 Å². The molecule has 4 nitrogen and oxygen atoms in total. The number of carbonyl (C=O) groups is 1. The molecule has 0 spiro atoms. The van der Waals surface area contributed by atoms with Gasteiger partial charge in [-0.25, -0.2) is 4.98 Å². The van der Waals surface area contributed by atoms with Gasteiger partial charge in [-0.15, -0.1) is 0 Å². The summed E-state index contributed by atoms with van der Waals surface area (Å²) < 4.78 is 2.00. The Hall–Kier alpha value is -1.84. The highest BCUT2D eigenvalue weighted by Gasteiger charge is 2.18. The van der Waals surface area contributed by atoms with E-state index in [9.17, 15) is 4.79 Å². The van der Waals surface area contributed by atoms with Gasteiger partial charge in [0.05, 0.1) is 6.42 Å². The third kappa shape index (κ3) is 2.55. The van der Waals surface area contributed by atoms with Crippen LogP contribution in [0.25, 0.3) is 11.0 Å². The number of amides is 1. The summed E-state index contributed by atoms with van der Waals surface area (Å²) in [6.07, 6.45) is 9.11. The maximum Gasteiger partial charge on any atom is 0.227 e. The molecule has 1 aliphatic rings. The van der Waals surface area contributed by atoms with Crippen molar-refractivity contribution in [3.63, 3.8) is 0 Å². The van der Waals surface area contributed by atoms with Crippen molar-refractivity contribution in [1.82, 2.24) is 14.5 Å². The number of likely N-dealkylation sites (tertiary alicyclic amines) is 1. The molecular weight excluding hydrogens is 250 g/mol. The van der Waals surface area contributed by atoms with Gasteiger partial charge in [0.25, 0.3) is 0 Å². The molecule has 4 heteroatoms. The third-order valence-corrected chi connectivity index (χ3v) is 4.12. The van der Waals surface area contributed by atoms with Gasteiger partial charge in [0.1, 0.15) is 5.65 Å². The summed E-state index contributed by atoms with van der Waals surface area (Å²) in [5, 5.41) is 1.10. The maximum atomic E-state index is 12.5. The number of carbonyl (C=O) groups excluding carboxylic acids is 1. The van der Waals surface area contributed by atoms with Crippen LogP contribution in [0.1, 0.15) is 31.2 Å². The molecule has 0 aromatic carbocycles. The number of aryl methyl sites for hydroxylation is 1. The van der Waals surface area contributed by atoms with Crippen LogP contribution < -0.4 is 0 Å². The zero-order valence-electron chi connectivity index (χ0n) is 12.0. The Kier molecular flexibility index (Phi) is 3.72. The second-order valence-electron chi connectivity index (χ2n) is 5.61. The first-order valence-electron chi connectivity index (χ1n) is 7.42. The minimum Gasteiger partial charge on any atom is -0.342 e. The summed E-state index contributed by atoms with van der Waals surface area (Å²) in [6.45, 7) is 1.84. The molecule has 20 heavy (non-hydrogen) atoms. The Labute approximate surface area is 119 Å². The van der Waals surface area contributed by atoms with Gasteiger partial charge < -0.3 is 9.47 Å². The average Bonchev–Trinajstić information content (AvgIpc) is 2.67. The topological polar surface area (TPSA) is 38.1 Å². The van der Waals surface area contributed by atoms with E-state index in [-0.39, 0.29) is 5.91 Å². The van der Waals surface area contributed by atoms with Gasteiger partial charge in [0, 0.05) is 37.9 Å². The number of fused-ring (bicyclic) bond motifs is 1. The van der Waals surface area contributed by atoms with E-state index >= 15 is 0 Å². The van der Waals surface area contributed by atoms with E-state index in [4.69, 9.17) is 0 Å². The molecule has 1 fully saturated rings. The van der Waals surface area contributed by atoms with Crippen LogP contribution in [-0.2, 0) is 18.3 Å². The Morgan fingerprint density at radius 3 is 2.75 bits per heavy atom. The summed E-state index contributed by atoms with van der Waals surface area (Å²) in [6, 6.07) is 3.98. The van der Waals surface area contributed by atoms with Crippen LogP contribution in [0.4, 0.5) is 0 Å². The number of rotatable bonds is 2. The molecule has 0 radical (unpaired) electrons. The summed E-state index contributed by atoms with van der Waals surface area (Å²) in [4.78, 5) is 18.9. The van der Waals surface area contributed by atoms with Crippen LogP contribution in [0.2, 0.25) is 0 Å². The van der Waals surface area contributed by atoms with Crippen molar-refractivity contribution in [2.45, 2.75) is 32.1 Å². The fourth-order valence-electron chi connectivity index (χ4n) is 3.03. The standard InChI is InChI=1S/C16H21N3O/c1-18-12-13(14-7-6-8-17-16(14)18)11-15(20)19-9-4-2-3-5-10-19/h6-8,12H,2-5,9-11H2,1H3. The minimum absolute atomic E-state index is 0.253. The molecule has 0 bridgehead atoms. The van der Waals surface area contributed by atoms with Crippen molar-refractivity contribution in [1.29, 1.82) is 0 Å². The molecule has 2 aromatic heterocycles. The molecule has 1 saturated heterocycles. The molecular formula is C16H21N3O. The lowest BCUT2D eigenvalue weighted by molar-refractivity contribution is -0.130. The second-order valence-corrected chi connectivity index (χ2v) is 5.61. The van der Waals surface area contributed by atoms with Crippen LogP contribution in [0.3, 0.4) is 0 Å². The van der Waals surface area contributed by atoms with Crippen LogP contribution in [0, 0.1) is 0 Å². The molecule has 1 aliphatic heterocycles. The lowest BCUT2D eigenvalue weighted by Gasteiger charge is -2.20. The predicted molar refractivity (Wildman–Crippen MR) is 79.5 cm³/mol. The number of pyridine rings is 1. The van der Waals surface area contributed by atoms with Crippen molar-refractivity contribution in [3.8, 4) is 0 Å². The number of nitrogens with zero attached hydrogens (tertiary/aromatic N) is 3. The van der Waals surface area contributed by atoms with Crippen molar-refractivity contribution in [2.75, 3.05) is 13.1 Å². The monoisotopic (exact) mass is 271 g/mol. The SMILES string of the molecule is Cn1cc(CC(=O)N2CCCCCC2)c2cccnc21. The van der Waals surface area contributed by atoms with Gasteiger partial charge in [-0.05, 0) is 30.5 Å². The maximum absolute atomic E-state index is 12.5. The number of hydrogen-bond donors (Lipinski definition) is 0. The molecule has 3 heterocycles. The fourth-order valence-corrected chi connectivity index (χ4v) is 3.03. The van der Waals surface area contributed by atoms with Gasteiger partial charge in [-0.3, -0.25) is 4.79 Å². The molecule has 0 atom stereocenters. The summed E-state index contributed by atoms with van der Waals surface area (Å²) in [7, 11) is 1.98. The normalized spacial score (nSPS) is 16.4. The van der Waals surface area contributed by atoms with E-state index in [1.807, 2.05) is 34.8 Å². The van der Waals surface area contributed by atoms with E-state index in [2.05, 4.69) is 4.98 Å². The molecule has 1 amide bonds. The van der Waals surface area contributed by atoms with Gasteiger partial charge in [-0.2, -0.15) is 0 Å². The summed E-state index contributed by atoms with van der Waals surface area (Å²) in [5.41, 5.74) is 2.04. The van der Waals surface area contributed by atoms with E-state index < -0.39 is 0 Å². The van der Waals surface area contributed by atoms with Crippen LogP contribution in [-0.4, -0.2) is 33.4 Å². The summed E-state index contributed by atoms with van der Waals surface area (Å²) >= 11 is 0. The molecule has 0 N–H and O–H groups in total. The molecule has 0 unspecified atom stereocenters. The van der Waals surface area contributed by atoms with E-state index in [1.165, 1.54) is 12.8 Å². The van der Waals surface area contributed by atoms with Crippen LogP contribution in [0.5, 0.6) is 0 Å². The Morgan fingerprint density at radius 1 is 1.25 bits per heavy atom. The molecule has 0 aliphatic carbocycles. The average molecular weight is 271 g/mol. The Morgan fingerprint density at radius 2 is 2.00 bits per heavy atom. The first-order valence-corrected chi connectivity index (χ1v) is 7.42. The van der Waals surface area contributed by atoms with Gasteiger partial charge in [0.15, 0.2) is 0 Å². The highest BCUT2D eigenvalue weighted by Crippen LogP contribution is 2.20. The molecule has 106 valence electrons. The van der Waals surface area contributed by atoms with Gasteiger partial charge in [0.2, 0.25) is 5.91 Å². The minimum atomic E-state index is 0.253. The fraction of sp³-hybridized carbons (Fsp3) is 0.500. The highest BCUT2D eigenvalue weighted by atomic mass is 16.2. The first-order chi connectivity index (χ1) is 9.75. The molecule has 3 rings (SSSR count). The Bertz CT molecular complexity index is 609. The van der Waals surface area contributed by atoms with Crippen molar-refractivity contribution < 1.29 is 4.79 Å². The van der Waals surface area contributed by atoms with Crippen molar-refractivity contribution >= 4 is 16.9 Å². The third-order valence-electron chi connectivity index (χ3n) is 4.12. The predicted octanol–water partition coefficient (Wildman–Crippen LogP) is 2.52. The largest absolute Gasteiger partial charge is 0.342 e. The van der Waals surface area contributed by atoms with Crippen LogP contribution >= 0.6 is 0 Å². The van der Waals surface area contributed by atoms with Crippen molar-refractivity contribution in [2.24, 2.45) is 7.05 Å².